The van der Waals surface area contributed by atoms with E-state index in [0.29, 0.717) is 18.6 Å². The fraction of sp³-hybridized carbons (Fsp3) is 0.667. The number of amides is 1. The molecule has 2 aliphatic heterocycles. The van der Waals surface area contributed by atoms with Crippen molar-refractivity contribution >= 4 is 5.91 Å². The van der Waals surface area contributed by atoms with Gasteiger partial charge in [-0.1, -0.05) is 6.07 Å². The maximum Gasteiger partial charge on any atom is 0.228 e. The normalized spacial score (nSPS) is 31.4. The SMILES string of the molecule is CC1OCCC1C(=O)N(C)C[C@@H]1CCN(C)[C@H]1c1cccnc1. The van der Waals surface area contributed by atoms with Gasteiger partial charge in [0.1, 0.15) is 0 Å². The number of likely N-dealkylation sites (tertiary alicyclic amines) is 1. The standard InChI is InChI=1S/C18H27N3O2/c1-13-16(7-10-23-13)18(22)21(3)12-15-6-9-20(2)17(15)14-5-4-8-19-11-14/h4-5,8,11,13,15-17H,6-7,9-10,12H2,1-3H3/t13?,15-,16?,17-/m0/s1. The number of hydrogen-bond donors (Lipinski definition) is 0. The molecule has 1 aromatic rings. The highest BCUT2D eigenvalue weighted by molar-refractivity contribution is 5.79. The summed E-state index contributed by atoms with van der Waals surface area (Å²) >= 11 is 0. The lowest BCUT2D eigenvalue weighted by atomic mass is 9.93. The van der Waals surface area contributed by atoms with Gasteiger partial charge < -0.3 is 9.64 Å². The summed E-state index contributed by atoms with van der Waals surface area (Å²) in [6.45, 7) is 4.57. The lowest BCUT2D eigenvalue weighted by molar-refractivity contribution is -0.136. The third-order valence-corrected chi connectivity index (χ3v) is 5.38. The van der Waals surface area contributed by atoms with Crippen LogP contribution in [0.4, 0.5) is 0 Å². The number of ether oxygens (including phenoxy) is 1. The lowest BCUT2D eigenvalue weighted by Gasteiger charge is -2.30. The van der Waals surface area contributed by atoms with E-state index in [1.165, 1.54) is 5.56 Å². The zero-order valence-electron chi connectivity index (χ0n) is 14.3. The molecule has 2 fully saturated rings. The van der Waals surface area contributed by atoms with Crippen LogP contribution in [0, 0.1) is 11.8 Å². The molecule has 1 aromatic heterocycles. The summed E-state index contributed by atoms with van der Waals surface area (Å²) in [7, 11) is 4.10. The van der Waals surface area contributed by atoms with Gasteiger partial charge in [0.25, 0.3) is 0 Å². The van der Waals surface area contributed by atoms with Crippen LogP contribution in [0.5, 0.6) is 0 Å². The van der Waals surface area contributed by atoms with Gasteiger partial charge in [-0.25, -0.2) is 0 Å². The van der Waals surface area contributed by atoms with Crippen molar-refractivity contribution in [3.8, 4) is 0 Å². The van der Waals surface area contributed by atoms with Gasteiger partial charge in [0, 0.05) is 38.6 Å². The predicted molar refractivity (Wildman–Crippen MR) is 88.9 cm³/mol. The third kappa shape index (κ3) is 3.40. The van der Waals surface area contributed by atoms with Crippen LogP contribution in [0.1, 0.15) is 31.4 Å². The number of aromatic nitrogens is 1. The molecule has 0 aromatic carbocycles. The molecule has 0 N–H and O–H groups in total. The van der Waals surface area contributed by atoms with E-state index in [1.54, 1.807) is 0 Å². The Labute approximate surface area is 138 Å². The second-order valence-electron chi connectivity index (χ2n) is 6.95. The van der Waals surface area contributed by atoms with E-state index < -0.39 is 0 Å². The fourth-order valence-corrected chi connectivity index (χ4v) is 4.08. The average Bonchev–Trinajstić information content (AvgIpc) is 3.13. The summed E-state index contributed by atoms with van der Waals surface area (Å²) < 4.78 is 5.55. The molecule has 5 heteroatoms. The maximum atomic E-state index is 12.7. The van der Waals surface area contributed by atoms with E-state index in [9.17, 15) is 4.79 Å². The molecule has 126 valence electrons. The Morgan fingerprint density at radius 1 is 1.48 bits per heavy atom. The molecule has 0 spiro atoms. The summed E-state index contributed by atoms with van der Waals surface area (Å²) in [5, 5.41) is 0. The van der Waals surface area contributed by atoms with Crippen LogP contribution >= 0.6 is 0 Å². The quantitative estimate of drug-likeness (QED) is 0.851. The van der Waals surface area contributed by atoms with Gasteiger partial charge in [-0.3, -0.25) is 14.7 Å². The first-order chi connectivity index (χ1) is 11.1. The number of rotatable bonds is 4. The topological polar surface area (TPSA) is 45.7 Å². The Balaban J connectivity index is 1.67. The molecule has 5 nitrogen and oxygen atoms in total. The molecule has 2 saturated heterocycles. The molecule has 3 rings (SSSR count). The van der Waals surface area contributed by atoms with Gasteiger partial charge >= 0.3 is 0 Å². The van der Waals surface area contributed by atoms with Gasteiger partial charge in [-0.2, -0.15) is 0 Å². The van der Waals surface area contributed by atoms with Crippen LogP contribution in [0.3, 0.4) is 0 Å². The van der Waals surface area contributed by atoms with Crippen molar-refractivity contribution in [2.75, 3.05) is 33.8 Å². The van der Waals surface area contributed by atoms with Crippen molar-refractivity contribution in [2.24, 2.45) is 11.8 Å². The summed E-state index contributed by atoms with van der Waals surface area (Å²) in [4.78, 5) is 21.2. The minimum absolute atomic E-state index is 0.0241. The van der Waals surface area contributed by atoms with E-state index in [-0.39, 0.29) is 17.9 Å². The summed E-state index contributed by atoms with van der Waals surface area (Å²) in [5.41, 5.74) is 1.25. The molecular weight excluding hydrogens is 290 g/mol. The number of nitrogens with zero attached hydrogens (tertiary/aromatic N) is 3. The van der Waals surface area contributed by atoms with Crippen LogP contribution in [-0.2, 0) is 9.53 Å². The highest BCUT2D eigenvalue weighted by Crippen LogP contribution is 2.36. The second-order valence-corrected chi connectivity index (χ2v) is 6.95. The van der Waals surface area contributed by atoms with Crippen LogP contribution in [0.2, 0.25) is 0 Å². The van der Waals surface area contributed by atoms with Crippen molar-refractivity contribution < 1.29 is 9.53 Å². The van der Waals surface area contributed by atoms with Crippen molar-refractivity contribution in [1.82, 2.24) is 14.8 Å². The summed E-state index contributed by atoms with van der Waals surface area (Å²) in [5.74, 6) is 0.709. The summed E-state index contributed by atoms with van der Waals surface area (Å²) in [6.07, 6.45) is 5.77. The Hall–Kier alpha value is -1.46. The number of pyridine rings is 1. The first kappa shape index (κ1) is 16.4. The average molecular weight is 317 g/mol. The van der Waals surface area contributed by atoms with Gasteiger partial charge in [-0.15, -0.1) is 0 Å². The smallest absolute Gasteiger partial charge is 0.228 e. The lowest BCUT2D eigenvalue weighted by Crippen LogP contribution is -2.39. The predicted octanol–water partition coefficient (Wildman–Crippen LogP) is 1.96. The van der Waals surface area contributed by atoms with Gasteiger partial charge in [0.15, 0.2) is 0 Å². The van der Waals surface area contributed by atoms with Crippen molar-refractivity contribution in [3.63, 3.8) is 0 Å². The number of hydrogen-bond acceptors (Lipinski definition) is 4. The first-order valence-electron chi connectivity index (χ1n) is 8.54. The molecule has 3 heterocycles. The Kier molecular flexibility index (Phi) is 4.97. The van der Waals surface area contributed by atoms with Crippen LogP contribution in [0.25, 0.3) is 0 Å². The van der Waals surface area contributed by atoms with E-state index in [1.807, 2.05) is 37.3 Å². The minimum atomic E-state index is 0.0241. The monoisotopic (exact) mass is 317 g/mol. The van der Waals surface area contributed by atoms with Crippen LogP contribution in [0.15, 0.2) is 24.5 Å². The van der Waals surface area contributed by atoms with Gasteiger partial charge in [-0.05, 0) is 50.9 Å². The Bertz CT molecular complexity index is 536. The molecular formula is C18H27N3O2. The molecule has 0 bridgehead atoms. The van der Waals surface area contributed by atoms with Gasteiger partial charge in [0.05, 0.1) is 12.0 Å². The molecule has 0 radical (unpaired) electrons. The van der Waals surface area contributed by atoms with Gasteiger partial charge in [0.2, 0.25) is 5.91 Å². The Morgan fingerprint density at radius 2 is 2.30 bits per heavy atom. The zero-order valence-corrected chi connectivity index (χ0v) is 14.3. The second kappa shape index (κ2) is 6.97. The highest BCUT2D eigenvalue weighted by Gasteiger charge is 2.37. The third-order valence-electron chi connectivity index (χ3n) is 5.38. The van der Waals surface area contributed by atoms with Crippen molar-refractivity contribution in [2.45, 2.75) is 31.9 Å². The molecule has 0 aliphatic carbocycles. The molecule has 4 atom stereocenters. The van der Waals surface area contributed by atoms with E-state index in [4.69, 9.17) is 4.74 Å². The zero-order chi connectivity index (χ0) is 16.4. The Morgan fingerprint density at radius 3 is 2.96 bits per heavy atom. The minimum Gasteiger partial charge on any atom is -0.378 e. The van der Waals surface area contributed by atoms with E-state index in [0.717, 1.165) is 25.9 Å². The maximum absolute atomic E-state index is 12.7. The fourth-order valence-electron chi connectivity index (χ4n) is 4.08. The molecule has 2 unspecified atom stereocenters. The molecule has 0 saturated carbocycles. The van der Waals surface area contributed by atoms with Crippen molar-refractivity contribution in [3.05, 3.63) is 30.1 Å². The number of carbonyl (C=O) groups is 1. The van der Waals surface area contributed by atoms with Crippen LogP contribution in [-0.4, -0.2) is 60.6 Å². The van der Waals surface area contributed by atoms with Crippen LogP contribution < -0.4 is 0 Å². The molecule has 23 heavy (non-hydrogen) atoms. The van der Waals surface area contributed by atoms with Crippen molar-refractivity contribution in [1.29, 1.82) is 0 Å². The highest BCUT2D eigenvalue weighted by atomic mass is 16.5. The number of carbonyl (C=O) groups excluding carboxylic acids is 1. The largest absolute Gasteiger partial charge is 0.378 e. The van der Waals surface area contributed by atoms with E-state index in [2.05, 4.69) is 23.0 Å². The summed E-state index contributed by atoms with van der Waals surface area (Å²) in [6, 6.07) is 4.47. The molecule has 1 amide bonds. The molecule has 2 aliphatic rings. The van der Waals surface area contributed by atoms with E-state index >= 15 is 0 Å². The first-order valence-corrected chi connectivity index (χ1v) is 8.54.